The first-order valence-corrected chi connectivity index (χ1v) is 11.2. The smallest absolute Gasteiger partial charge is 0.254 e. The molecule has 6 nitrogen and oxygen atoms in total. The minimum absolute atomic E-state index is 0.0250. The summed E-state index contributed by atoms with van der Waals surface area (Å²) in [5, 5.41) is 0. The molecule has 0 radical (unpaired) electrons. The van der Waals surface area contributed by atoms with Gasteiger partial charge in [0.25, 0.3) is 5.91 Å². The van der Waals surface area contributed by atoms with Gasteiger partial charge >= 0.3 is 0 Å². The van der Waals surface area contributed by atoms with Crippen LogP contribution in [0.25, 0.3) is 0 Å². The highest BCUT2D eigenvalue weighted by atomic mass is 32.2. The van der Waals surface area contributed by atoms with Crippen molar-refractivity contribution in [3.05, 3.63) is 59.4 Å². The van der Waals surface area contributed by atoms with Crippen molar-refractivity contribution in [3.63, 3.8) is 0 Å². The summed E-state index contributed by atoms with van der Waals surface area (Å²) in [7, 11) is 0.375. The molecule has 0 aliphatic heterocycles. The van der Waals surface area contributed by atoms with Crippen molar-refractivity contribution in [2.45, 2.75) is 26.8 Å². The van der Waals surface area contributed by atoms with Crippen LogP contribution in [0.2, 0.25) is 0 Å². The van der Waals surface area contributed by atoms with Crippen molar-refractivity contribution in [3.8, 4) is 0 Å². The van der Waals surface area contributed by atoms with Gasteiger partial charge in [0.05, 0.1) is 5.75 Å². The van der Waals surface area contributed by atoms with Gasteiger partial charge < -0.3 is 9.80 Å². The zero-order valence-electron chi connectivity index (χ0n) is 17.3. The number of halogens is 1. The summed E-state index contributed by atoms with van der Waals surface area (Å²) in [5.41, 5.74) is 2.57. The summed E-state index contributed by atoms with van der Waals surface area (Å²) in [6, 6.07) is 10.8. The second-order valence-corrected chi connectivity index (χ2v) is 8.99. The number of carbonyl (C=O) groups is 1. The minimum atomic E-state index is -3.40. The normalized spacial score (nSPS) is 11.2. The van der Waals surface area contributed by atoms with Crippen molar-refractivity contribution in [1.29, 1.82) is 0 Å². The first-order valence-electron chi connectivity index (χ1n) is 9.52. The molecule has 2 aromatic carbocycles. The predicted octanol–water partition coefficient (Wildman–Crippen LogP) is 3.71. The van der Waals surface area contributed by atoms with Crippen LogP contribution in [-0.4, -0.2) is 45.6 Å². The number of nitrogens with zero attached hydrogens (tertiary/aromatic N) is 2. The van der Waals surface area contributed by atoms with E-state index < -0.39 is 15.8 Å². The fourth-order valence-corrected chi connectivity index (χ4v) is 3.60. The zero-order chi connectivity index (χ0) is 21.6. The lowest BCUT2D eigenvalue weighted by Crippen LogP contribution is -2.32. The predicted molar refractivity (Wildman–Crippen MR) is 115 cm³/mol. The maximum atomic E-state index is 13.2. The molecule has 0 unspecified atom stereocenters. The Morgan fingerprint density at radius 1 is 1.07 bits per heavy atom. The lowest BCUT2D eigenvalue weighted by molar-refractivity contribution is 0.0743. The topological polar surface area (TPSA) is 69.7 Å². The van der Waals surface area contributed by atoms with Crippen LogP contribution in [0.4, 0.5) is 15.8 Å². The van der Waals surface area contributed by atoms with E-state index in [9.17, 15) is 17.6 Å². The van der Waals surface area contributed by atoms with E-state index in [0.29, 0.717) is 24.3 Å². The minimum Gasteiger partial charge on any atom is -0.377 e. The van der Waals surface area contributed by atoms with Crippen molar-refractivity contribution >= 4 is 27.3 Å². The third-order valence-electron chi connectivity index (χ3n) is 4.45. The third kappa shape index (κ3) is 6.19. The molecule has 8 heteroatoms. The summed E-state index contributed by atoms with van der Waals surface area (Å²) >= 11 is 0. The Kier molecular flexibility index (Phi) is 7.61. The summed E-state index contributed by atoms with van der Waals surface area (Å²) in [6.45, 7) is 4.37. The molecule has 2 rings (SSSR count). The van der Waals surface area contributed by atoms with Gasteiger partial charge in [0.1, 0.15) is 5.82 Å². The molecule has 158 valence electrons. The number of sulfonamides is 1. The number of carbonyl (C=O) groups excluding carboxylic acids is 1. The fraction of sp³-hybridized carbons (Fsp3) is 0.381. The maximum absolute atomic E-state index is 13.2. The van der Waals surface area contributed by atoms with E-state index in [4.69, 9.17) is 0 Å². The van der Waals surface area contributed by atoms with Gasteiger partial charge in [-0.2, -0.15) is 0 Å². The average molecular weight is 422 g/mol. The van der Waals surface area contributed by atoms with E-state index in [2.05, 4.69) is 4.72 Å². The first kappa shape index (κ1) is 22.7. The molecule has 0 spiro atoms. The van der Waals surface area contributed by atoms with Gasteiger partial charge in [-0.3, -0.25) is 9.52 Å². The van der Waals surface area contributed by atoms with Crippen molar-refractivity contribution in [1.82, 2.24) is 4.90 Å². The van der Waals surface area contributed by atoms with Crippen LogP contribution in [0.3, 0.4) is 0 Å². The Hall–Kier alpha value is -2.61. The van der Waals surface area contributed by atoms with Crippen LogP contribution in [0, 0.1) is 5.82 Å². The maximum Gasteiger partial charge on any atom is 0.254 e. The number of hydrogen-bond donors (Lipinski definition) is 1. The van der Waals surface area contributed by atoms with Crippen molar-refractivity contribution < 1.29 is 17.6 Å². The fourth-order valence-electron chi connectivity index (χ4n) is 2.97. The van der Waals surface area contributed by atoms with E-state index in [1.165, 1.54) is 24.3 Å². The van der Waals surface area contributed by atoms with Crippen LogP contribution in [0.5, 0.6) is 0 Å². The molecule has 0 atom stereocenters. The number of anilines is 2. The quantitative estimate of drug-likeness (QED) is 0.670. The first-order chi connectivity index (χ1) is 13.7. The van der Waals surface area contributed by atoms with Gasteiger partial charge in [-0.1, -0.05) is 6.92 Å². The van der Waals surface area contributed by atoms with Gasteiger partial charge in [0, 0.05) is 44.1 Å². The highest BCUT2D eigenvalue weighted by Gasteiger charge is 2.19. The van der Waals surface area contributed by atoms with Crippen LogP contribution in [-0.2, 0) is 16.6 Å². The number of benzene rings is 2. The zero-order valence-corrected chi connectivity index (χ0v) is 18.1. The summed E-state index contributed by atoms with van der Waals surface area (Å²) in [6.07, 6.45) is 0.756. The number of amides is 1. The molecule has 0 aliphatic carbocycles. The van der Waals surface area contributed by atoms with Crippen LogP contribution >= 0.6 is 0 Å². The van der Waals surface area contributed by atoms with E-state index >= 15 is 0 Å². The van der Waals surface area contributed by atoms with Gasteiger partial charge in [0.2, 0.25) is 10.0 Å². The average Bonchev–Trinajstić information content (AvgIpc) is 2.67. The number of nitrogens with one attached hydrogen (secondary N) is 1. The van der Waals surface area contributed by atoms with Gasteiger partial charge in [-0.15, -0.1) is 0 Å². The third-order valence-corrected chi connectivity index (χ3v) is 5.75. The monoisotopic (exact) mass is 421 g/mol. The second-order valence-electron chi connectivity index (χ2n) is 6.98. The molecule has 0 saturated heterocycles. The molecule has 0 saturated carbocycles. The lowest BCUT2D eigenvalue weighted by atomic mass is 10.1. The van der Waals surface area contributed by atoms with Crippen LogP contribution < -0.4 is 9.62 Å². The molecule has 0 aromatic heterocycles. The summed E-state index contributed by atoms with van der Waals surface area (Å²) in [5.74, 6) is -0.617. The van der Waals surface area contributed by atoms with Gasteiger partial charge in [0.15, 0.2) is 0 Å². The molecule has 0 bridgehead atoms. The molecule has 1 N–H and O–H groups in total. The SMILES string of the molecule is CCCN(Cc1cc(NS(=O)(=O)CC)ccc1N(C)C)C(=O)c1ccc(F)cc1. The van der Waals surface area contributed by atoms with Crippen molar-refractivity contribution in [2.75, 3.05) is 36.0 Å². The van der Waals surface area contributed by atoms with Gasteiger partial charge in [-0.25, -0.2) is 12.8 Å². The molecular weight excluding hydrogens is 393 g/mol. The van der Waals surface area contributed by atoms with E-state index in [1.54, 1.807) is 24.0 Å². The van der Waals surface area contributed by atoms with E-state index in [-0.39, 0.29) is 11.7 Å². The highest BCUT2D eigenvalue weighted by Crippen LogP contribution is 2.26. The summed E-state index contributed by atoms with van der Waals surface area (Å²) in [4.78, 5) is 16.6. The molecule has 0 aliphatic rings. The van der Waals surface area contributed by atoms with Crippen LogP contribution in [0.1, 0.15) is 36.2 Å². The van der Waals surface area contributed by atoms with Crippen molar-refractivity contribution in [2.24, 2.45) is 0 Å². The largest absolute Gasteiger partial charge is 0.377 e. The second kappa shape index (κ2) is 9.73. The Morgan fingerprint density at radius 3 is 2.28 bits per heavy atom. The molecule has 0 heterocycles. The van der Waals surface area contributed by atoms with Gasteiger partial charge in [-0.05, 0) is 61.4 Å². The Balaban J connectivity index is 2.37. The molecular formula is C21H28FN3O3S. The molecule has 0 fully saturated rings. The standard InChI is InChI=1S/C21H28FN3O3S/c1-5-13-25(21(26)16-7-9-18(22)10-8-16)15-17-14-19(23-29(27,28)6-2)11-12-20(17)24(3)4/h7-12,14,23H,5-6,13,15H2,1-4H3. The van der Waals surface area contributed by atoms with E-state index in [0.717, 1.165) is 17.7 Å². The number of rotatable bonds is 9. The Labute approximate surface area is 172 Å². The molecule has 1 amide bonds. The molecule has 2 aromatic rings. The number of hydrogen-bond acceptors (Lipinski definition) is 4. The van der Waals surface area contributed by atoms with Crippen LogP contribution in [0.15, 0.2) is 42.5 Å². The highest BCUT2D eigenvalue weighted by molar-refractivity contribution is 7.92. The van der Waals surface area contributed by atoms with E-state index in [1.807, 2.05) is 32.0 Å². The summed E-state index contributed by atoms with van der Waals surface area (Å²) < 4.78 is 39.6. The Morgan fingerprint density at radius 2 is 1.72 bits per heavy atom. The Bertz CT molecular complexity index is 944. The molecule has 29 heavy (non-hydrogen) atoms. The lowest BCUT2D eigenvalue weighted by Gasteiger charge is -2.26.